The smallest absolute Gasteiger partial charge is 0.303 e. The topological polar surface area (TPSA) is 60.4 Å². The summed E-state index contributed by atoms with van der Waals surface area (Å²) in [4.78, 5) is 36.8. The van der Waals surface area contributed by atoms with E-state index in [4.69, 9.17) is 4.74 Å². The van der Waals surface area contributed by atoms with Crippen LogP contribution in [0, 0.1) is 34.5 Å². The van der Waals surface area contributed by atoms with Crippen molar-refractivity contribution in [2.45, 2.75) is 85.2 Å². The molecule has 1 unspecified atom stereocenters. The Hall–Kier alpha value is -1.45. The molecule has 154 valence electrons. The summed E-state index contributed by atoms with van der Waals surface area (Å²) in [5.41, 5.74) is 0.218. The van der Waals surface area contributed by atoms with Gasteiger partial charge in [0.25, 0.3) is 0 Å². The quantitative estimate of drug-likeness (QED) is 0.648. The third-order valence-corrected chi connectivity index (χ3v) is 9.29. The fraction of sp³-hybridized carbons (Fsp3) is 0.792. The first-order chi connectivity index (χ1) is 13.0. The van der Waals surface area contributed by atoms with Crippen LogP contribution in [0.15, 0.2) is 11.6 Å². The van der Waals surface area contributed by atoms with Crippen molar-refractivity contribution in [2.75, 3.05) is 0 Å². The first-order valence-corrected chi connectivity index (χ1v) is 11.0. The first-order valence-electron chi connectivity index (χ1n) is 11.0. The van der Waals surface area contributed by atoms with Gasteiger partial charge in [-0.3, -0.25) is 14.4 Å². The number of Topliss-reactive ketones (excluding diaryl/α,β-unsaturated/α-hetero) is 1. The highest BCUT2D eigenvalue weighted by molar-refractivity contribution is 5.92. The second kappa shape index (κ2) is 6.27. The maximum atomic E-state index is 12.8. The van der Waals surface area contributed by atoms with Gasteiger partial charge >= 0.3 is 5.97 Å². The van der Waals surface area contributed by atoms with E-state index in [-0.39, 0.29) is 28.4 Å². The van der Waals surface area contributed by atoms with Crippen molar-refractivity contribution in [3.8, 4) is 0 Å². The van der Waals surface area contributed by atoms with Gasteiger partial charge < -0.3 is 4.74 Å². The summed E-state index contributed by atoms with van der Waals surface area (Å²) in [6, 6.07) is 0. The van der Waals surface area contributed by atoms with E-state index in [1.54, 1.807) is 6.92 Å². The van der Waals surface area contributed by atoms with Crippen LogP contribution >= 0.6 is 0 Å². The first kappa shape index (κ1) is 19.8. The van der Waals surface area contributed by atoms with Crippen LogP contribution in [0.5, 0.6) is 0 Å². The van der Waals surface area contributed by atoms with Crippen molar-refractivity contribution in [1.82, 2.24) is 0 Å². The molecule has 0 aromatic rings. The van der Waals surface area contributed by atoms with Crippen LogP contribution in [0.1, 0.15) is 79.6 Å². The third kappa shape index (κ3) is 2.45. The average molecular weight is 387 g/mol. The van der Waals surface area contributed by atoms with Crippen LogP contribution in [0.4, 0.5) is 0 Å². The minimum Gasteiger partial charge on any atom is -0.451 e. The van der Waals surface area contributed by atoms with Crippen LogP contribution < -0.4 is 0 Å². The van der Waals surface area contributed by atoms with Gasteiger partial charge in [-0.1, -0.05) is 26.3 Å². The molecular formula is C24H34O4. The van der Waals surface area contributed by atoms with E-state index in [9.17, 15) is 14.4 Å². The summed E-state index contributed by atoms with van der Waals surface area (Å²) >= 11 is 0. The SMILES string of the molecule is CC(=O)O[C@]1(C(C)=O)CC[C@H]2[C@@H]3C[C@H](C)C4=CC(=O)CC[C@]4(C)C3CC[C@@]21C. The molecule has 4 rings (SSSR count). The number of carbonyl (C=O) groups is 3. The van der Waals surface area contributed by atoms with Gasteiger partial charge in [-0.2, -0.15) is 0 Å². The molecule has 0 bridgehead atoms. The fourth-order valence-corrected chi connectivity index (χ4v) is 8.05. The Labute approximate surface area is 168 Å². The zero-order valence-corrected chi connectivity index (χ0v) is 18.0. The largest absolute Gasteiger partial charge is 0.451 e. The Kier molecular flexibility index (Phi) is 4.45. The highest BCUT2D eigenvalue weighted by atomic mass is 16.6. The Morgan fingerprint density at radius 2 is 1.75 bits per heavy atom. The van der Waals surface area contributed by atoms with Gasteiger partial charge in [0, 0.05) is 18.8 Å². The van der Waals surface area contributed by atoms with Gasteiger partial charge in [0.15, 0.2) is 17.2 Å². The molecule has 0 aromatic heterocycles. The number of hydrogen-bond donors (Lipinski definition) is 0. The maximum absolute atomic E-state index is 12.8. The lowest BCUT2D eigenvalue weighted by atomic mass is 9.44. The zero-order valence-electron chi connectivity index (χ0n) is 18.0. The highest BCUT2D eigenvalue weighted by Gasteiger charge is 2.68. The third-order valence-electron chi connectivity index (χ3n) is 9.29. The molecule has 3 saturated carbocycles. The van der Waals surface area contributed by atoms with Gasteiger partial charge in [0.1, 0.15) is 0 Å². The molecule has 7 atom stereocenters. The molecule has 0 aromatic carbocycles. The zero-order chi connectivity index (χ0) is 20.5. The standard InChI is InChI=1S/C24H34O4/c1-14-12-18-19(22(4)9-6-17(27)13-21(14)22)7-10-23(5)20(18)8-11-24(23,15(2)25)28-16(3)26/h13-14,18-20H,6-12H2,1-5H3/t14-,18+,19?,20-,22+,23-,24-/m0/s1. The minimum atomic E-state index is -0.961. The van der Waals surface area contributed by atoms with E-state index < -0.39 is 5.60 Å². The Morgan fingerprint density at radius 1 is 1.07 bits per heavy atom. The number of fused-ring (bicyclic) bond motifs is 5. The number of carbonyl (C=O) groups excluding carboxylic acids is 3. The lowest BCUT2D eigenvalue weighted by Gasteiger charge is -2.60. The predicted octanol–water partition coefficient (Wildman–Crippen LogP) is 4.66. The molecule has 4 aliphatic carbocycles. The Balaban J connectivity index is 1.73. The lowest BCUT2D eigenvalue weighted by molar-refractivity contribution is -0.187. The molecular weight excluding hydrogens is 352 g/mol. The number of rotatable bonds is 2. The fourth-order valence-electron chi connectivity index (χ4n) is 8.05. The summed E-state index contributed by atoms with van der Waals surface area (Å²) < 4.78 is 5.84. The summed E-state index contributed by atoms with van der Waals surface area (Å²) in [7, 11) is 0. The number of allylic oxidation sites excluding steroid dienone is 1. The molecule has 4 aliphatic rings. The number of ketones is 2. The molecule has 0 aliphatic heterocycles. The normalized spacial score (nSPS) is 47.5. The van der Waals surface area contributed by atoms with E-state index in [1.807, 2.05) is 6.08 Å². The molecule has 0 N–H and O–H groups in total. The molecule has 28 heavy (non-hydrogen) atoms. The van der Waals surface area contributed by atoms with Gasteiger partial charge in [0.05, 0.1) is 0 Å². The summed E-state index contributed by atoms with van der Waals surface area (Å²) in [5, 5.41) is 0. The molecule has 0 heterocycles. The number of esters is 1. The van der Waals surface area contributed by atoms with Crippen molar-refractivity contribution < 1.29 is 19.1 Å². The van der Waals surface area contributed by atoms with E-state index in [2.05, 4.69) is 20.8 Å². The van der Waals surface area contributed by atoms with E-state index in [0.717, 1.165) is 32.1 Å². The predicted molar refractivity (Wildman–Crippen MR) is 106 cm³/mol. The number of ether oxygens (including phenoxy) is 1. The molecule has 3 fully saturated rings. The maximum Gasteiger partial charge on any atom is 0.303 e. The van der Waals surface area contributed by atoms with Crippen molar-refractivity contribution >= 4 is 17.5 Å². The van der Waals surface area contributed by atoms with Crippen molar-refractivity contribution in [3.63, 3.8) is 0 Å². The van der Waals surface area contributed by atoms with Gasteiger partial charge in [-0.25, -0.2) is 0 Å². The Morgan fingerprint density at radius 3 is 2.39 bits per heavy atom. The molecule has 0 saturated heterocycles. The van der Waals surface area contributed by atoms with Crippen LogP contribution in [-0.4, -0.2) is 23.1 Å². The van der Waals surface area contributed by atoms with Crippen molar-refractivity contribution in [2.24, 2.45) is 34.5 Å². The molecule has 0 radical (unpaired) electrons. The molecule has 4 nitrogen and oxygen atoms in total. The van der Waals surface area contributed by atoms with E-state index in [0.29, 0.717) is 36.5 Å². The molecule has 0 spiro atoms. The van der Waals surface area contributed by atoms with Crippen LogP contribution in [0.2, 0.25) is 0 Å². The molecule has 4 heteroatoms. The summed E-state index contributed by atoms with van der Waals surface area (Å²) in [6.07, 6.45) is 8.19. The van der Waals surface area contributed by atoms with Crippen molar-refractivity contribution in [1.29, 1.82) is 0 Å². The summed E-state index contributed by atoms with van der Waals surface area (Å²) in [5.74, 6) is 1.82. The second-order valence-electron chi connectivity index (χ2n) is 10.5. The summed E-state index contributed by atoms with van der Waals surface area (Å²) in [6.45, 7) is 9.87. The highest BCUT2D eigenvalue weighted by Crippen LogP contribution is 2.69. The minimum absolute atomic E-state index is 0.00469. The van der Waals surface area contributed by atoms with Crippen LogP contribution in [0.3, 0.4) is 0 Å². The van der Waals surface area contributed by atoms with E-state index in [1.165, 1.54) is 12.5 Å². The van der Waals surface area contributed by atoms with Crippen LogP contribution in [-0.2, 0) is 19.1 Å². The van der Waals surface area contributed by atoms with Gasteiger partial charge in [0.2, 0.25) is 0 Å². The van der Waals surface area contributed by atoms with Crippen molar-refractivity contribution in [3.05, 3.63) is 11.6 Å². The lowest BCUT2D eigenvalue weighted by Crippen LogP contribution is -2.59. The van der Waals surface area contributed by atoms with Crippen LogP contribution in [0.25, 0.3) is 0 Å². The van der Waals surface area contributed by atoms with Gasteiger partial charge in [-0.15, -0.1) is 0 Å². The number of hydrogen-bond acceptors (Lipinski definition) is 4. The van der Waals surface area contributed by atoms with E-state index >= 15 is 0 Å². The second-order valence-corrected chi connectivity index (χ2v) is 10.5. The Bertz CT molecular complexity index is 767. The average Bonchev–Trinajstić information content (AvgIpc) is 2.90. The monoisotopic (exact) mass is 386 g/mol. The molecule has 0 amide bonds. The van der Waals surface area contributed by atoms with Gasteiger partial charge in [-0.05, 0) is 80.6 Å².